The number of amides is 2. The number of hydrogen-bond donors (Lipinski definition) is 1. The molecule has 0 aromatic rings. The predicted octanol–water partition coefficient (Wildman–Crippen LogP) is 12.7. The molecule has 1 atom stereocenters. The summed E-state index contributed by atoms with van der Waals surface area (Å²) in [5, 5.41) is 3.42. The highest BCUT2D eigenvalue weighted by molar-refractivity contribution is 5.87. The number of carbonyl (C=O) groups excluding carboxylic acids is 2. The Morgan fingerprint density at radius 2 is 1.04 bits per heavy atom. The van der Waals surface area contributed by atoms with E-state index in [9.17, 15) is 9.59 Å². The van der Waals surface area contributed by atoms with E-state index in [1.165, 1.54) is 154 Å². The topological polar surface area (TPSA) is 52.7 Å². The van der Waals surface area contributed by atoms with Crippen LogP contribution in [-0.2, 0) is 9.59 Å². The highest BCUT2D eigenvalue weighted by atomic mass is 16.2. The first kappa shape index (κ1) is 46.7. The Morgan fingerprint density at radius 3 is 1.54 bits per heavy atom. The average Bonchev–Trinajstić information content (AvgIpc) is 3.11. The van der Waals surface area contributed by atoms with Crippen molar-refractivity contribution in [3.8, 4) is 0 Å². The van der Waals surface area contributed by atoms with Gasteiger partial charge in [0.15, 0.2) is 0 Å². The third-order valence-electron chi connectivity index (χ3n) is 10.9. The number of hydrogen-bond acceptors (Lipinski definition) is 3. The SMILES string of the molecule is CCCCCCCC/C=C\CCCCCCCC(=O)N(CCCN(C)C)C(CCCCCCCCCCCCCC)C(=O)NC1CCCCC1. The van der Waals surface area contributed by atoms with Crippen LogP contribution in [0.25, 0.3) is 0 Å². The summed E-state index contributed by atoms with van der Waals surface area (Å²) in [6.07, 6.45) is 45.0. The maximum Gasteiger partial charge on any atom is 0.243 e. The molecule has 0 aromatic carbocycles. The zero-order chi connectivity index (χ0) is 36.3. The monoisotopic (exact) mass is 702 g/mol. The van der Waals surface area contributed by atoms with Crippen molar-refractivity contribution in [2.24, 2.45) is 0 Å². The number of nitrogens with one attached hydrogen (secondary N) is 1. The van der Waals surface area contributed by atoms with E-state index in [-0.39, 0.29) is 23.9 Å². The lowest BCUT2D eigenvalue weighted by molar-refractivity contribution is -0.141. The van der Waals surface area contributed by atoms with Gasteiger partial charge in [-0.25, -0.2) is 0 Å². The highest BCUT2D eigenvalue weighted by Gasteiger charge is 2.30. The fourth-order valence-corrected chi connectivity index (χ4v) is 7.65. The minimum Gasteiger partial charge on any atom is -0.352 e. The fourth-order valence-electron chi connectivity index (χ4n) is 7.65. The van der Waals surface area contributed by atoms with Crippen LogP contribution in [0.4, 0.5) is 0 Å². The molecule has 2 amide bonds. The predicted molar refractivity (Wildman–Crippen MR) is 219 cm³/mol. The zero-order valence-electron chi connectivity index (χ0n) is 34.3. The van der Waals surface area contributed by atoms with Gasteiger partial charge in [0, 0.05) is 19.0 Å². The van der Waals surface area contributed by atoms with Gasteiger partial charge in [-0.15, -0.1) is 0 Å². The molecule has 1 aliphatic rings. The van der Waals surface area contributed by atoms with E-state index in [0.717, 1.165) is 57.9 Å². The van der Waals surface area contributed by atoms with E-state index < -0.39 is 0 Å². The first-order valence-corrected chi connectivity index (χ1v) is 22.4. The summed E-state index contributed by atoms with van der Waals surface area (Å²) >= 11 is 0. The molecular formula is C45H87N3O2. The number of unbranched alkanes of at least 4 members (excludes halogenated alkanes) is 22. The standard InChI is InChI=1S/C45H87N3O2/c1-5-7-9-11-13-15-17-19-20-21-23-25-27-29-34-39-44(49)48(41-35-40-47(3)4)43(45(50)46-42-36-31-30-32-37-42)38-33-28-26-24-22-18-16-14-12-10-8-6-2/h19-20,42-43H,5-18,21-41H2,1-4H3,(H,46,50)/b20-19-. The molecule has 0 spiro atoms. The van der Waals surface area contributed by atoms with Crippen LogP contribution < -0.4 is 5.32 Å². The van der Waals surface area contributed by atoms with Crippen LogP contribution in [0.1, 0.15) is 226 Å². The third kappa shape index (κ3) is 27.3. The number of allylic oxidation sites excluding steroid dienone is 2. The van der Waals surface area contributed by atoms with E-state index in [4.69, 9.17) is 0 Å². The van der Waals surface area contributed by atoms with Crippen molar-refractivity contribution in [2.75, 3.05) is 27.2 Å². The number of carbonyl (C=O) groups is 2. The Labute approximate surface area is 312 Å². The average molecular weight is 702 g/mol. The van der Waals surface area contributed by atoms with Crippen molar-refractivity contribution >= 4 is 11.8 Å². The molecule has 5 heteroatoms. The van der Waals surface area contributed by atoms with Crippen molar-refractivity contribution in [2.45, 2.75) is 238 Å². The lowest BCUT2D eigenvalue weighted by Gasteiger charge is -2.33. The Bertz CT molecular complexity index is 791. The summed E-state index contributed by atoms with van der Waals surface area (Å²) in [5.41, 5.74) is 0. The second kappa shape index (κ2) is 34.7. The van der Waals surface area contributed by atoms with Crippen LogP contribution in [0.2, 0.25) is 0 Å². The van der Waals surface area contributed by atoms with Crippen molar-refractivity contribution in [1.82, 2.24) is 15.1 Å². The van der Waals surface area contributed by atoms with E-state index in [1.807, 2.05) is 4.90 Å². The molecular weight excluding hydrogens is 615 g/mol. The molecule has 0 heterocycles. The van der Waals surface area contributed by atoms with Crippen LogP contribution in [0, 0.1) is 0 Å². The summed E-state index contributed by atoms with van der Waals surface area (Å²) in [4.78, 5) is 31.9. The summed E-state index contributed by atoms with van der Waals surface area (Å²) in [5.74, 6) is 0.312. The van der Waals surface area contributed by atoms with Gasteiger partial charge in [-0.05, 0) is 78.4 Å². The summed E-state index contributed by atoms with van der Waals surface area (Å²) < 4.78 is 0. The molecule has 5 nitrogen and oxygen atoms in total. The van der Waals surface area contributed by atoms with Crippen molar-refractivity contribution in [3.63, 3.8) is 0 Å². The summed E-state index contributed by atoms with van der Waals surface area (Å²) in [7, 11) is 4.19. The zero-order valence-corrected chi connectivity index (χ0v) is 34.3. The van der Waals surface area contributed by atoms with Crippen LogP contribution in [0.15, 0.2) is 12.2 Å². The summed E-state index contributed by atoms with van der Waals surface area (Å²) in [6.45, 7) is 6.18. The van der Waals surface area contributed by atoms with E-state index in [2.05, 4.69) is 50.3 Å². The van der Waals surface area contributed by atoms with Crippen molar-refractivity contribution in [1.29, 1.82) is 0 Å². The quantitative estimate of drug-likeness (QED) is 0.0528. The van der Waals surface area contributed by atoms with Crippen molar-refractivity contribution < 1.29 is 9.59 Å². The second-order valence-corrected chi connectivity index (χ2v) is 16.1. The lowest BCUT2D eigenvalue weighted by atomic mass is 9.94. The third-order valence-corrected chi connectivity index (χ3v) is 10.9. The van der Waals surface area contributed by atoms with Crippen molar-refractivity contribution in [3.05, 3.63) is 12.2 Å². The van der Waals surface area contributed by atoms with Gasteiger partial charge in [0.25, 0.3) is 0 Å². The number of rotatable bonds is 35. The molecule has 0 aromatic heterocycles. The molecule has 1 aliphatic carbocycles. The maximum atomic E-state index is 13.9. The van der Waals surface area contributed by atoms with Gasteiger partial charge < -0.3 is 15.1 Å². The molecule has 294 valence electrons. The van der Waals surface area contributed by atoms with Gasteiger partial charge in [0.2, 0.25) is 11.8 Å². The maximum absolute atomic E-state index is 13.9. The van der Waals surface area contributed by atoms with Gasteiger partial charge in [0.05, 0.1) is 0 Å². The highest BCUT2D eigenvalue weighted by Crippen LogP contribution is 2.21. The molecule has 1 rings (SSSR count). The molecule has 0 saturated heterocycles. The van der Waals surface area contributed by atoms with Gasteiger partial charge in [-0.3, -0.25) is 9.59 Å². The fraction of sp³-hybridized carbons (Fsp3) is 0.911. The molecule has 1 fully saturated rings. The molecule has 0 radical (unpaired) electrons. The van der Waals surface area contributed by atoms with Crippen LogP contribution in [0.5, 0.6) is 0 Å². The molecule has 1 unspecified atom stereocenters. The van der Waals surface area contributed by atoms with E-state index in [0.29, 0.717) is 13.0 Å². The Morgan fingerprint density at radius 1 is 0.580 bits per heavy atom. The van der Waals surface area contributed by atoms with Crippen LogP contribution in [-0.4, -0.2) is 60.9 Å². The molecule has 0 aliphatic heterocycles. The molecule has 1 saturated carbocycles. The molecule has 0 bridgehead atoms. The molecule has 1 N–H and O–H groups in total. The minimum atomic E-state index is -0.321. The Hall–Kier alpha value is -1.36. The smallest absolute Gasteiger partial charge is 0.243 e. The Kier molecular flexibility index (Phi) is 32.4. The molecule has 50 heavy (non-hydrogen) atoms. The minimum absolute atomic E-state index is 0.114. The van der Waals surface area contributed by atoms with Crippen LogP contribution >= 0.6 is 0 Å². The normalized spacial score (nSPS) is 14.5. The van der Waals surface area contributed by atoms with Gasteiger partial charge in [0.1, 0.15) is 6.04 Å². The van der Waals surface area contributed by atoms with Gasteiger partial charge in [-0.2, -0.15) is 0 Å². The second-order valence-electron chi connectivity index (χ2n) is 16.1. The first-order chi connectivity index (χ1) is 24.5. The van der Waals surface area contributed by atoms with Gasteiger partial charge >= 0.3 is 0 Å². The Balaban J connectivity index is 2.53. The van der Waals surface area contributed by atoms with E-state index >= 15 is 0 Å². The van der Waals surface area contributed by atoms with Crippen LogP contribution in [0.3, 0.4) is 0 Å². The van der Waals surface area contributed by atoms with E-state index in [1.54, 1.807) is 0 Å². The lowest BCUT2D eigenvalue weighted by Crippen LogP contribution is -2.52. The number of nitrogens with zero attached hydrogens (tertiary/aromatic N) is 2. The first-order valence-electron chi connectivity index (χ1n) is 22.4. The largest absolute Gasteiger partial charge is 0.352 e. The summed E-state index contributed by atoms with van der Waals surface area (Å²) in [6, 6.07) is -0.0392. The van der Waals surface area contributed by atoms with Gasteiger partial charge in [-0.1, -0.05) is 174 Å².